The first-order valence-corrected chi connectivity index (χ1v) is 41.1. The zero-order valence-electron chi connectivity index (χ0n) is 47.3. The van der Waals surface area contributed by atoms with Gasteiger partial charge in [0.25, 0.3) is 0 Å². The Morgan fingerprint density at radius 3 is 0.526 bits per heavy atom. The summed E-state index contributed by atoms with van der Waals surface area (Å²) >= 11 is 4.83. The molecule has 0 fully saturated rings. The number of hydrogen-bond donors (Lipinski definition) is 4. The zero-order valence-corrected chi connectivity index (χ0v) is 54.1. The number of aromatic hydroxyl groups is 4. The van der Waals surface area contributed by atoms with Crippen LogP contribution in [0.15, 0.2) is 87.7 Å². The van der Waals surface area contributed by atoms with Crippen LogP contribution in [-0.2, 0) is 42.9 Å². The molecule has 4 aromatic rings. The van der Waals surface area contributed by atoms with Crippen molar-refractivity contribution in [1.29, 1.82) is 0 Å². The number of hydrogen-bond acceptors (Lipinski definition) is 12. The molecule has 16 heteroatoms. The second-order valence-electron chi connectivity index (χ2n) is 21.7. The lowest BCUT2D eigenvalue weighted by molar-refractivity contribution is 0.443. The molecule has 5 rings (SSSR count). The molecule has 4 aromatic carbocycles. The van der Waals surface area contributed by atoms with Crippen molar-refractivity contribution in [2.24, 2.45) is 0 Å². The summed E-state index contributed by atoms with van der Waals surface area (Å²) in [5, 5.41) is 50.2. The molecule has 1 aliphatic rings. The Labute approximate surface area is 476 Å². The van der Waals surface area contributed by atoms with Crippen LogP contribution >= 0.6 is 75.6 Å². The largest absolute Gasteiger partial charge is 0.506 e. The first-order valence-electron chi connectivity index (χ1n) is 28.7. The van der Waals surface area contributed by atoms with Gasteiger partial charge in [-0.25, -0.2) is 0 Å². The highest BCUT2D eigenvalue weighted by Crippen LogP contribution is 2.60. The maximum atomic E-state index is 14.9. The second kappa shape index (κ2) is 31.6. The van der Waals surface area contributed by atoms with Gasteiger partial charge in [0, 0.05) is 73.9 Å². The molecule has 0 saturated carbocycles. The van der Waals surface area contributed by atoms with Crippen molar-refractivity contribution in [3.8, 4) is 23.0 Å². The van der Waals surface area contributed by atoms with Crippen LogP contribution < -0.4 is 0 Å². The van der Waals surface area contributed by atoms with Gasteiger partial charge in [-0.15, -0.1) is 0 Å². The first-order chi connectivity index (χ1) is 36.3. The summed E-state index contributed by atoms with van der Waals surface area (Å²) < 4.78 is 59.8. The minimum Gasteiger partial charge on any atom is -0.506 e. The summed E-state index contributed by atoms with van der Waals surface area (Å²) in [6.07, 6.45) is 20.5. The number of benzene rings is 4. The minimum atomic E-state index is -2.71. The lowest BCUT2D eigenvalue weighted by Crippen LogP contribution is -2.01. The van der Waals surface area contributed by atoms with Gasteiger partial charge in [0.1, 0.15) is 23.0 Å². The second-order valence-corrected chi connectivity index (χ2v) is 39.3. The number of unbranched alkanes of at least 4 members (excludes halogenated alkanes) is 8. The third-order valence-corrected chi connectivity index (χ3v) is 31.6. The lowest BCUT2D eigenvalue weighted by atomic mass is 10.2. The van der Waals surface area contributed by atoms with Crippen LogP contribution in [0.3, 0.4) is 0 Å². The molecule has 0 spiro atoms. The van der Waals surface area contributed by atoms with Crippen LogP contribution in [0.1, 0.15) is 180 Å². The van der Waals surface area contributed by atoms with Crippen LogP contribution in [0.2, 0.25) is 0 Å². The molecule has 0 saturated heterocycles. The van der Waals surface area contributed by atoms with Gasteiger partial charge in [0.05, 0.1) is 67.7 Å². The topological polar surface area (TPSA) is 149 Å². The average Bonchev–Trinajstić information content (AvgIpc) is 3.38. The Bertz CT molecular complexity index is 2220. The van der Waals surface area contributed by atoms with Gasteiger partial charge in [0.15, 0.2) is 0 Å². The van der Waals surface area contributed by atoms with Gasteiger partial charge >= 0.3 is 0 Å². The minimum absolute atomic E-state index is 0.0444. The van der Waals surface area contributed by atoms with Crippen molar-refractivity contribution in [2.75, 3.05) is 49.3 Å². The summed E-state index contributed by atoms with van der Waals surface area (Å²) in [6.45, 7) is 16.9. The summed E-state index contributed by atoms with van der Waals surface area (Å²) in [7, 11) is -10.8. The highest BCUT2D eigenvalue weighted by atomic mass is 32.2. The highest BCUT2D eigenvalue weighted by Gasteiger charge is 2.30. The molecule has 0 unspecified atom stereocenters. The van der Waals surface area contributed by atoms with Gasteiger partial charge in [-0.05, 0) is 122 Å². The zero-order chi connectivity index (χ0) is 55.5. The highest BCUT2D eigenvalue weighted by molar-refractivity contribution is 8.01. The van der Waals surface area contributed by atoms with Crippen molar-refractivity contribution in [1.82, 2.24) is 0 Å². The Balaban J connectivity index is 1.86. The number of phenolic OH excluding ortho intramolecular Hbond substituents is 4. The Morgan fingerprint density at radius 2 is 0.408 bits per heavy atom. The van der Waals surface area contributed by atoms with E-state index in [1.165, 1.54) is 47.0 Å². The fourth-order valence-electron chi connectivity index (χ4n) is 9.99. The molecular weight excluding hydrogens is 1100 g/mol. The van der Waals surface area contributed by atoms with Crippen molar-refractivity contribution in [2.45, 2.75) is 222 Å². The van der Waals surface area contributed by atoms with E-state index < -0.39 is 28.6 Å². The molecule has 8 bridgehead atoms. The van der Waals surface area contributed by atoms with Gasteiger partial charge in [-0.1, -0.05) is 154 Å². The molecular formula is C60H92O8P4S4. The molecule has 76 heavy (non-hydrogen) atoms. The Hall–Kier alpha value is -1.60. The molecule has 0 atom stereocenters. The van der Waals surface area contributed by atoms with E-state index in [1.54, 1.807) is 0 Å². The summed E-state index contributed by atoms with van der Waals surface area (Å²) in [5.41, 5.74) is 3.18. The SMILES string of the molecule is CCCCP(=O)(CCCC)Cc1cc2c(O)c(c1)Sc1cc(CP(=O)(CCCC)CCCC)cc(c1O)Sc1cc(CP(=O)(CCCC)CCCC)cc(c1O)Sc1cc(CP(=O)(CCCC)CCCC)cc(c1O)S2. The average molecular weight is 1190 g/mol. The van der Waals surface area contributed by atoms with Crippen LogP contribution in [0.25, 0.3) is 0 Å². The first kappa shape index (κ1) is 65.2. The van der Waals surface area contributed by atoms with Crippen LogP contribution in [0.4, 0.5) is 0 Å². The molecule has 4 N–H and O–H groups in total. The monoisotopic (exact) mass is 1190 g/mol. The predicted octanol–water partition coefficient (Wildman–Crippen LogP) is 21.3. The van der Waals surface area contributed by atoms with E-state index in [1.807, 2.05) is 48.5 Å². The summed E-state index contributed by atoms with van der Waals surface area (Å²) in [5.74, 6) is -0.178. The van der Waals surface area contributed by atoms with E-state index in [0.29, 0.717) is 113 Å². The molecule has 0 radical (unpaired) electrons. The quantitative estimate of drug-likeness (QED) is 0.0304. The van der Waals surface area contributed by atoms with Gasteiger partial charge in [0.2, 0.25) is 0 Å². The van der Waals surface area contributed by atoms with Crippen molar-refractivity contribution in [3.05, 3.63) is 70.8 Å². The van der Waals surface area contributed by atoms with E-state index in [0.717, 1.165) is 125 Å². The fourth-order valence-corrected chi connectivity index (χ4v) is 27.2. The van der Waals surface area contributed by atoms with Gasteiger partial charge in [-0.2, -0.15) is 0 Å². The normalized spacial score (nSPS) is 13.4. The Morgan fingerprint density at radius 1 is 0.276 bits per heavy atom. The maximum Gasteiger partial charge on any atom is 0.143 e. The van der Waals surface area contributed by atoms with Gasteiger partial charge in [-0.3, -0.25) is 0 Å². The van der Waals surface area contributed by atoms with Gasteiger partial charge < -0.3 is 38.7 Å². The molecule has 0 aliphatic carbocycles. The van der Waals surface area contributed by atoms with Crippen molar-refractivity contribution in [3.63, 3.8) is 0 Å². The van der Waals surface area contributed by atoms with Crippen LogP contribution in [-0.4, -0.2) is 69.7 Å². The molecule has 0 aromatic heterocycles. The molecule has 8 nitrogen and oxygen atoms in total. The van der Waals surface area contributed by atoms with Crippen molar-refractivity contribution < 1.29 is 38.7 Å². The van der Waals surface area contributed by atoms with E-state index in [-0.39, 0.29) is 23.0 Å². The fraction of sp³-hybridized carbons (Fsp3) is 0.600. The van der Waals surface area contributed by atoms with E-state index in [2.05, 4.69) is 55.4 Å². The molecule has 1 aliphatic heterocycles. The lowest BCUT2D eigenvalue weighted by Gasteiger charge is -2.23. The number of phenols is 4. The molecule has 424 valence electrons. The third-order valence-electron chi connectivity index (χ3n) is 14.5. The Kier molecular flexibility index (Phi) is 27.1. The van der Waals surface area contributed by atoms with Crippen LogP contribution in [0, 0.1) is 0 Å². The molecule has 0 amide bonds. The summed E-state index contributed by atoms with van der Waals surface area (Å²) in [4.78, 5) is 3.59. The third kappa shape index (κ3) is 19.3. The number of rotatable bonds is 32. The van der Waals surface area contributed by atoms with E-state index >= 15 is 0 Å². The standard InChI is InChI=1S/C60H92O8P4S4/c1-9-17-25-69(65,26-18-10-2)41-45-33-49-57(61)50(34-45)74-52-36-47(43-71(67,29-21-13-5)30-22-14-6)38-54(59(52)63)76-56-40-48(44-72(68,31-23-15-7)32-24-16-8)39-55(60(56)64)75-53-37-46(35-51(73-49)58(53)62)42-70(66,27-19-11-3)28-20-12-4/h33-40,61-64H,9-32,41-44H2,1-8H3. The molecule has 1 heterocycles. The van der Waals surface area contributed by atoms with Crippen LogP contribution in [0.5, 0.6) is 23.0 Å². The van der Waals surface area contributed by atoms with E-state index in [9.17, 15) is 38.7 Å². The van der Waals surface area contributed by atoms with E-state index in [4.69, 9.17) is 0 Å². The smallest absolute Gasteiger partial charge is 0.143 e. The maximum absolute atomic E-state index is 14.9. The summed E-state index contributed by atoms with van der Waals surface area (Å²) in [6, 6.07) is 15.2. The predicted molar refractivity (Wildman–Crippen MR) is 332 cm³/mol. The van der Waals surface area contributed by atoms with Crippen molar-refractivity contribution >= 4 is 75.6 Å². The number of fused-ring (bicyclic) bond motifs is 8.